The van der Waals surface area contributed by atoms with Crippen molar-refractivity contribution in [3.63, 3.8) is 0 Å². The minimum atomic E-state index is -1.11. The van der Waals surface area contributed by atoms with Gasteiger partial charge in [0.15, 0.2) is 11.5 Å². The monoisotopic (exact) mass is 340 g/mol. The molecule has 4 heterocycles. The van der Waals surface area contributed by atoms with Gasteiger partial charge >= 0.3 is 0 Å². The summed E-state index contributed by atoms with van der Waals surface area (Å²) in [6, 6.07) is 1.44. The predicted octanol–water partition coefficient (Wildman–Crippen LogP) is 3.33. The zero-order valence-electron chi connectivity index (χ0n) is 13.1. The molecule has 6 nitrogen and oxygen atoms in total. The lowest BCUT2D eigenvalue weighted by molar-refractivity contribution is 0.326. The van der Waals surface area contributed by atoms with Crippen LogP contribution in [0.4, 0.5) is 14.7 Å². The van der Waals surface area contributed by atoms with Crippen LogP contribution in [0.1, 0.15) is 12.8 Å². The molecular weight excluding hydrogens is 326 g/mol. The van der Waals surface area contributed by atoms with E-state index >= 15 is 0 Å². The van der Waals surface area contributed by atoms with Gasteiger partial charge in [0.25, 0.3) is 0 Å². The molecular formula is C17H14F2N6. The molecule has 0 atom stereocenters. The molecule has 0 saturated heterocycles. The average Bonchev–Trinajstić information content (AvgIpc) is 3.02. The number of imidazole rings is 1. The lowest BCUT2D eigenvalue weighted by Crippen LogP contribution is -2.17. The third-order valence-electron chi connectivity index (χ3n) is 4.54. The average molecular weight is 340 g/mol. The maximum absolute atomic E-state index is 14.2. The van der Waals surface area contributed by atoms with E-state index in [1.54, 1.807) is 35.4 Å². The number of aromatic amines is 1. The largest absolute Gasteiger partial charge is 0.351 e. The number of fused-ring (bicyclic) bond motifs is 2. The van der Waals surface area contributed by atoms with Gasteiger partial charge in [-0.15, -0.1) is 0 Å². The molecule has 1 fully saturated rings. The van der Waals surface area contributed by atoms with E-state index in [4.69, 9.17) is 0 Å². The number of aromatic nitrogens is 5. The topological polar surface area (TPSA) is 70.9 Å². The van der Waals surface area contributed by atoms with E-state index in [0.29, 0.717) is 30.0 Å². The maximum Gasteiger partial charge on any atom is 0.224 e. The Hall–Kier alpha value is -3.03. The SMILES string of the molecule is Fc1cc(-c2c[nH]c3nc(NCC4(F)CC4)ncc23)cn2ccnc12. The van der Waals surface area contributed by atoms with Crippen LogP contribution >= 0.6 is 0 Å². The van der Waals surface area contributed by atoms with Gasteiger partial charge in [-0.3, -0.25) is 0 Å². The molecule has 0 aromatic carbocycles. The number of alkyl halides is 1. The maximum atomic E-state index is 14.2. The fraction of sp³-hybridized carbons (Fsp3) is 0.235. The summed E-state index contributed by atoms with van der Waals surface area (Å²) in [5.41, 5.74) is 1.27. The van der Waals surface area contributed by atoms with Crippen molar-refractivity contribution in [2.75, 3.05) is 11.9 Å². The summed E-state index contributed by atoms with van der Waals surface area (Å²) in [5, 5.41) is 3.70. The summed E-state index contributed by atoms with van der Waals surface area (Å²) in [5.74, 6) is -0.0187. The highest BCUT2D eigenvalue weighted by molar-refractivity contribution is 5.93. The number of halogens is 2. The fourth-order valence-corrected chi connectivity index (χ4v) is 2.92. The number of nitrogens with one attached hydrogen (secondary N) is 2. The van der Waals surface area contributed by atoms with Crippen molar-refractivity contribution in [2.24, 2.45) is 0 Å². The highest BCUT2D eigenvalue weighted by Gasteiger charge is 2.43. The second-order valence-corrected chi connectivity index (χ2v) is 6.40. The first kappa shape index (κ1) is 14.3. The van der Waals surface area contributed by atoms with Crippen LogP contribution in [0.3, 0.4) is 0 Å². The van der Waals surface area contributed by atoms with Crippen molar-refractivity contribution in [3.8, 4) is 11.1 Å². The Kier molecular flexibility index (Phi) is 2.85. The summed E-state index contributed by atoms with van der Waals surface area (Å²) >= 11 is 0. The summed E-state index contributed by atoms with van der Waals surface area (Å²) in [6.45, 7) is 0.217. The zero-order valence-corrected chi connectivity index (χ0v) is 13.1. The van der Waals surface area contributed by atoms with E-state index in [9.17, 15) is 8.78 Å². The van der Waals surface area contributed by atoms with Crippen LogP contribution in [-0.4, -0.2) is 36.6 Å². The van der Waals surface area contributed by atoms with Crippen LogP contribution < -0.4 is 5.32 Å². The van der Waals surface area contributed by atoms with Crippen molar-refractivity contribution >= 4 is 22.6 Å². The van der Waals surface area contributed by atoms with E-state index in [1.165, 1.54) is 6.07 Å². The molecule has 126 valence electrons. The van der Waals surface area contributed by atoms with Gasteiger partial charge in [0.2, 0.25) is 5.95 Å². The van der Waals surface area contributed by atoms with Crippen LogP contribution in [0, 0.1) is 5.82 Å². The normalized spacial score (nSPS) is 15.8. The van der Waals surface area contributed by atoms with E-state index in [2.05, 4.69) is 25.3 Å². The van der Waals surface area contributed by atoms with Gasteiger partial charge in [0, 0.05) is 47.5 Å². The second-order valence-electron chi connectivity index (χ2n) is 6.40. The van der Waals surface area contributed by atoms with Crippen LogP contribution in [0.5, 0.6) is 0 Å². The van der Waals surface area contributed by atoms with Crippen LogP contribution in [-0.2, 0) is 0 Å². The van der Waals surface area contributed by atoms with Crippen molar-refractivity contribution in [3.05, 3.63) is 42.9 Å². The van der Waals surface area contributed by atoms with E-state index in [1.807, 2.05) is 0 Å². The second kappa shape index (κ2) is 4.98. The molecule has 8 heteroatoms. The molecule has 1 aliphatic carbocycles. The Morgan fingerprint density at radius 1 is 1.32 bits per heavy atom. The van der Waals surface area contributed by atoms with Crippen molar-refractivity contribution in [2.45, 2.75) is 18.5 Å². The smallest absolute Gasteiger partial charge is 0.224 e. The van der Waals surface area contributed by atoms with Crippen molar-refractivity contribution < 1.29 is 8.78 Å². The first-order valence-electron chi connectivity index (χ1n) is 8.01. The third kappa shape index (κ3) is 2.41. The lowest BCUT2D eigenvalue weighted by atomic mass is 10.1. The molecule has 4 aromatic rings. The highest BCUT2D eigenvalue weighted by Crippen LogP contribution is 2.39. The van der Waals surface area contributed by atoms with Crippen LogP contribution in [0.25, 0.3) is 27.8 Å². The number of rotatable bonds is 4. The van der Waals surface area contributed by atoms with Gasteiger partial charge in [0.1, 0.15) is 11.3 Å². The number of pyridine rings is 1. The Balaban J connectivity index is 1.52. The summed E-state index contributed by atoms with van der Waals surface area (Å²) in [4.78, 5) is 15.7. The molecule has 1 aliphatic rings. The Morgan fingerprint density at radius 2 is 2.20 bits per heavy atom. The quantitative estimate of drug-likeness (QED) is 0.598. The summed E-state index contributed by atoms with van der Waals surface area (Å²) in [7, 11) is 0. The Labute approximate surface area is 140 Å². The fourth-order valence-electron chi connectivity index (χ4n) is 2.92. The molecule has 0 aliphatic heterocycles. The summed E-state index contributed by atoms with van der Waals surface area (Å²) < 4.78 is 29.5. The summed E-state index contributed by atoms with van der Waals surface area (Å²) in [6.07, 6.45) is 9.63. The van der Waals surface area contributed by atoms with Crippen LogP contribution in [0.15, 0.2) is 37.1 Å². The van der Waals surface area contributed by atoms with E-state index < -0.39 is 11.5 Å². The molecule has 4 aromatic heterocycles. The molecule has 2 N–H and O–H groups in total. The number of anilines is 1. The Morgan fingerprint density at radius 3 is 3.04 bits per heavy atom. The molecule has 0 unspecified atom stereocenters. The predicted molar refractivity (Wildman–Crippen MR) is 89.6 cm³/mol. The van der Waals surface area contributed by atoms with Crippen molar-refractivity contribution in [1.82, 2.24) is 24.3 Å². The molecule has 0 radical (unpaired) electrons. The highest BCUT2D eigenvalue weighted by atomic mass is 19.1. The molecule has 5 rings (SSSR count). The van der Waals surface area contributed by atoms with E-state index in [0.717, 1.165) is 10.9 Å². The van der Waals surface area contributed by atoms with Gasteiger partial charge in [0.05, 0.1) is 6.54 Å². The number of hydrogen-bond acceptors (Lipinski definition) is 4. The first-order chi connectivity index (χ1) is 12.1. The standard InChI is InChI=1S/C17H14F2N6/c18-13-5-10(8-25-4-3-20-15(13)25)11-6-21-14-12(11)7-22-16(24-14)23-9-17(19)1-2-17/h3-8H,1-2,9H2,(H2,21,22,23,24). The van der Waals surface area contributed by atoms with Crippen molar-refractivity contribution in [1.29, 1.82) is 0 Å². The van der Waals surface area contributed by atoms with Gasteiger partial charge in [-0.25, -0.2) is 18.7 Å². The third-order valence-corrected chi connectivity index (χ3v) is 4.54. The zero-order chi connectivity index (χ0) is 17.0. The minimum absolute atomic E-state index is 0.217. The van der Waals surface area contributed by atoms with Gasteiger partial charge in [-0.05, 0) is 18.9 Å². The number of H-pyrrole nitrogens is 1. The van der Waals surface area contributed by atoms with Crippen LogP contribution in [0.2, 0.25) is 0 Å². The van der Waals surface area contributed by atoms with E-state index in [-0.39, 0.29) is 12.2 Å². The molecule has 0 amide bonds. The molecule has 0 spiro atoms. The number of nitrogens with zero attached hydrogens (tertiary/aromatic N) is 4. The van der Waals surface area contributed by atoms with Gasteiger partial charge in [-0.2, -0.15) is 4.98 Å². The Bertz CT molecular complexity index is 1100. The first-order valence-corrected chi connectivity index (χ1v) is 8.01. The van der Waals surface area contributed by atoms with Gasteiger partial charge in [-0.1, -0.05) is 0 Å². The molecule has 1 saturated carbocycles. The van der Waals surface area contributed by atoms with Gasteiger partial charge < -0.3 is 14.7 Å². The minimum Gasteiger partial charge on any atom is -0.351 e. The lowest BCUT2D eigenvalue weighted by Gasteiger charge is -2.07. The molecule has 0 bridgehead atoms. The number of hydrogen-bond donors (Lipinski definition) is 2. The molecule has 25 heavy (non-hydrogen) atoms.